The van der Waals surface area contributed by atoms with Gasteiger partial charge in [-0.05, 0) is 32.6 Å². The van der Waals surface area contributed by atoms with Gasteiger partial charge >= 0.3 is 0 Å². The quantitative estimate of drug-likeness (QED) is 0.674. The van der Waals surface area contributed by atoms with E-state index in [4.69, 9.17) is 0 Å². The number of carbonyl (C=O) groups is 1. The van der Waals surface area contributed by atoms with Gasteiger partial charge < -0.3 is 5.32 Å². The fourth-order valence-corrected chi connectivity index (χ4v) is 2.52. The van der Waals surface area contributed by atoms with Crippen LogP contribution in [0.15, 0.2) is 0 Å². The summed E-state index contributed by atoms with van der Waals surface area (Å²) in [5.74, 6) is 1.56. The van der Waals surface area contributed by atoms with E-state index in [0.717, 1.165) is 24.9 Å². The third-order valence-corrected chi connectivity index (χ3v) is 3.51. The van der Waals surface area contributed by atoms with Gasteiger partial charge in [-0.25, -0.2) is 0 Å². The molecule has 1 saturated carbocycles. The zero-order chi connectivity index (χ0) is 10.5. The maximum absolute atomic E-state index is 10.9. The van der Waals surface area contributed by atoms with Crippen LogP contribution in [-0.4, -0.2) is 35.5 Å². The SMILES string of the molecule is CC(=O)NC1C2CN(C(C)(C)C)CC21. The van der Waals surface area contributed by atoms with E-state index in [9.17, 15) is 4.79 Å². The van der Waals surface area contributed by atoms with Crippen LogP contribution in [0.5, 0.6) is 0 Å². The van der Waals surface area contributed by atoms with Crippen LogP contribution in [0, 0.1) is 11.8 Å². The predicted molar refractivity (Wildman–Crippen MR) is 55.9 cm³/mol. The van der Waals surface area contributed by atoms with Crippen LogP contribution in [0.1, 0.15) is 27.7 Å². The molecule has 1 N–H and O–H groups in total. The van der Waals surface area contributed by atoms with Crippen molar-refractivity contribution in [2.45, 2.75) is 39.3 Å². The minimum absolute atomic E-state index is 0.117. The van der Waals surface area contributed by atoms with Crippen molar-refractivity contribution in [3.05, 3.63) is 0 Å². The van der Waals surface area contributed by atoms with E-state index in [1.807, 2.05) is 0 Å². The second kappa shape index (κ2) is 2.96. The van der Waals surface area contributed by atoms with Crippen molar-refractivity contribution in [1.29, 1.82) is 0 Å². The van der Waals surface area contributed by atoms with Gasteiger partial charge in [0.05, 0.1) is 0 Å². The second-order valence-electron chi connectivity index (χ2n) is 5.63. The number of fused-ring (bicyclic) bond motifs is 1. The Bertz CT molecular complexity index is 245. The molecule has 1 aliphatic heterocycles. The Kier molecular flexibility index (Phi) is 2.11. The molecule has 0 aromatic carbocycles. The molecule has 1 amide bonds. The lowest BCUT2D eigenvalue weighted by Crippen LogP contribution is -2.43. The number of carbonyl (C=O) groups excluding carboxylic acids is 1. The summed E-state index contributed by atoms with van der Waals surface area (Å²) in [4.78, 5) is 13.4. The molecule has 0 aromatic rings. The summed E-state index contributed by atoms with van der Waals surface area (Å²) in [5, 5.41) is 3.03. The smallest absolute Gasteiger partial charge is 0.217 e. The van der Waals surface area contributed by atoms with Gasteiger partial charge in [0.25, 0.3) is 0 Å². The Labute approximate surface area is 85.8 Å². The summed E-state index contributed by atoms with van der Waals surface area (Å²) in [6.07, 6.45) is 0. The van der Waals surface area contributed by atoms with Gasteiger partial charge in [-0.2, -0.15) is 0 Å². The molecule has 2 unspecified atom stereocenters. The number of nitrogens with one attached hydrogen (secondary N) is 1. The Hall–Kier alpha value is -0.570. The number of hydrogen-bond acceptors (Lipinski definition) is 2. The Morgan fingerprint density at radius 3 is 2.14 bits per heavy atom. The molecule has 0 bridgehead atoms. The van der Waals surface area contributed by atoms with Crippen LogP contribution in [0.25, 0.3) is 0 Å². The van der Waals surface area contributed by atoms with Crippen LogP contribution in [-0.2, 0) is 4.79 Å². The predicted octanol–water partition coefficient (Wildman–Crippen LogP) is 0.851. The average Bonchev–Trinajstić information content (AvgIpc) is 2.50. The van der Waals surface area contributed by atoms with Crippen molar-refractivity contribution in [3.8, 4) is 0 Å². The minimum Gasteiger partial charge on any atom is -0.353 e. The lowest BCUT2D eigenvalue weighted by atomic mass is 10.1. The lowest BCUT2D eigenvalue weighted by Gasteiger charge is -2.33. The van der Waals surface area contributed by atoms with E-state index < -0.39 is 0 Å². The van der Waals surface area contributed by atoms with Crippen LogP contribution >= 0.6 is 0 Å². The molecular weight excluding hydrogens is 176 g/mol. The molecule has 2 rings (SSSR count). The topological polar surface area (TPSA) is 32.3 Å². The maximum atomic E-state index is 10.9. The highest BCUT2D eigenvalue weighted by molar-refractivity contribution is 5.73. The first kappa shape index (κ1) is 9.97. The molecule has 2 atom stereocenters. The van der Waals surface area contributed by atoms with Gasteiger partial charge in [-0.1, -0.05) is 0 Å². The van der Waals surface area contributed by atoms with Gasteiger partial charge in [0, 0.05) is 31.6 Å². The zero-order valence-corrected chi connectivity index (χ0v) is 9.50. The number of nitrogens with zero attached hydrogens (tertiary/aromatic N) is 1. The average molecular weight is 196 g/mol. The van der Waals surface area contributed by atoms with Gasteiger partial charge in [-0.15, -0.1) is 0 Å². The van der Waals surface area contributed by atoms with Crippen molar-refractivity contribution in [3.63, 3.8) is 0 Å². The summed E-state index contributed by atoms with van der Waals surface area (Å²) in [7, 11) is 0. The van der Waals surface area contributed by atoms with Crippen LogP contribution in [0.3, 0.4) is 0 Å². The third-order valence-electron chi connectivity index (χ3n) is 3.51. The third kappa shape index (κ3) is 1.65. The van der Waals surface area contributed by atoms with Gasteiger partial charge in [0.2, 0.25) is 5.91 Å². The first-order valence-corrected chi connectivity index (χ1v) is 5.42. The largest absolute Gasteiger partial charge is 0.353 e. The zero-order valence-electron chi connectivity index (χ0n) is 9.50. The molecule has 14 heavy (non-hydrogen) atoms. The molecule has 80 valence electrons. The van der Waals surface area contributed by atoms with E-state index >= 15 is 0 Å². The number of rotatable bonds is 1. The summed E-state index contributed by atoms with van der Waals surface area (Å²) < 4.78 is 0. The lowest BCUT2D eigenvalue weighted by molar-refractivity contribution is -0.119. The highest BCUT2D eigenvalue weighted by atomic mass is 16.1. The molecule has 1 heterocycles. The molecule has 2 aliphatic rings. The summed E-state index contributed by atoms with van der Waals surface area (Å²) in [6, 6.07) is 0.478. The summed E-state index contributed by atoms with van der Waals surface area (Å²) in [5.41, 5.74) is 0.286. The number of amides is 1. The van der Waals surface area contributed by atoms with Crippen LogP contribution < -0.4 is 5.32 Å². The number of hydrogen-bond donors (Lipinski definition) is 1. The van der Waals surface area contributed by atoms with Crippen molar-refractivity contribution >= 4 is 5.91 Å². The highest BCUT2D eigenvalue weighted by Gasteiger charge is 2.57. The van der Waals surface area contributed by atoms with Crippen molar-refractivity contribution < 1.29 is 4.79 Å². The van der Waals surface area contributed by atoms with Crippen LogP contribution in [0.2, 0.25) is 0 Å². The molecule has 0 spiro atoms. The van der Waals surface area contributed by atoms with Crippen LogP contribution in [0.4, 0.5) is 0 Å². The van der Waals surface area contributed by atoms with Gasteiger partial charge in [0.15, 0.2) is 0 Å². The molecule has 1 saturated heterocycles. The van der Waals surface area contributed by atoms with E-state index in [-0.39, 0.29) is 11.4 Å². The first-order valence-electron chi connectivity index (χ1n) is 5.42. The fraction of sp³-hybridized carbons (Fsp3) is 0.909. The van der Waals surface area contributed by atoms with Crippen molar-refractivity contribution in [2.75, 3.05) is 13.1 Å². The Morgan fingerprint density at radius 1 is 1.29 bits per heavy atom. The van der Waals surface area contributed by atoms with E-state index in [0.29, 0.717) is 6.04 Å². The van der Waals surface area contributed by atoms with Gasteiger partial charge in [0.1, 0.15) is 0 Å². The molecular formula is C11H20N2O. The second-order valence-corrected chi connectivity index (χ2v) is 5.63. The normalized spacial score (nSPS) is 36.7. The van der Waals surface area contributed by atoms with Crippen molar-refractivity contribution in [2.24, 2.45) is 11.8 Å². The van der Waals surface area contributed by atoms with Gasteiger partial charge in [-0.3, -0.25) is 9.69 Å². The molecule has 3 nitrogen and oxygen atoms in total. The summed E-state index contributed by atoms with van der Waals surface area (Å²) >= 11 is 0. The summed E-state index contributed by atoms with van der Waals surface area (Å²) in [6.45, 7) is 10.7. The standard InChI is InChI=1S/C11H20N2O/c1-7(14)12-10-8-5-13(6-9(8)10)11(2,3)4/h8-10H,5-6H2,1-4H3,(H,12,14). The molecule has 0 radical (unpaired) electrons. The number of likely N-dealkylation sites (tertiary alicyclic amines) is 1. The molecule has 3 heteroatoms. The fourth-order valence-electron chi connectivity index (χ4n) is 2.52. The monoisotopic (exact) mass is 196 g/mol. The molecule has 0 aromatic heterocycles. The molecule has 2 fully saturated rings. The minimum atomic E-state index is 0.117. The Balaban J connectivity index is 1.85. The van der Waals surface area contributed by atoms with Crippen molar-refractivity contribution in [1.82, 2.24) is 10.2 Å². The Morgan fingerprint density at radius 2 is 1.79 bits per heavy atom. The van der Waals surface area contributed by atoms with E-state index in [1.165, 1.54) is 0 Å². The number of piperidine rings is 1. The molecule has 1 aliphatic carbocycles. The van der Waals surface area contributed by atoms with E-state index in [2.05, 4.69) is 31.0 Å². The maximum Gasteiger partial charge on any atom is 0.217 e. The first-order chi connectivity index (χ1) is 6.39. The van der Waals surface area contributed by atoms with E-state index in [1.54, 1.807) is 6.92 Å². The highest BCUT2D eigenvalue weighted by Crippen LogP contribution is 2.47.